The Hall–Kier alpha value is -0.690. The Morgan fingerprint density at radius 2 is 1.13 bits per heavy atom. The topological polar surface area (TPSA) is 66.0 Å². The number of hydrogen-bond donors (Lipinski definition) is 1. The van der Waals surface area contributed by atoms with E-state index in [0.29, 0.717) is 59.2 Å². The lowest BCUT2D eigenvalue weighted by molar-refractivity contribution is -0.121. The van der Waals surface area contributed by atoms with Gasteiger partial charge in [0.2, 0.25) is 5.91 Å². The van der Waals surface area contributed by atoms with Crippen LogP contribution in [-0.2, 0) is 23.7 Å². The van der Waals surface area contributed by atoms with Crippen LogP contribution in [0.1, 0.15) is 47.0 Å². The number of rotatable bonds is 16. The van der Waals surface area contributed by atoms with Crippen LogP contribution in [0.25, 0.3) is 0 Å². The fourth-order valence-electron chi connectivity index (χ4n) is 1.48. The van der Waals surface area contributed by atoms with E-state index < -0.39 is 0 Å². The summed E-state index contributed by atoms with van der Waals surface area (Å²) in [6.07, 6.45) is 2.48. The number of ether oxygens (including phenoxy) is 4. The van der Waals surface area contributed by atoms with Crippen molar-refractivity contribution >= 4 is 5.91 Å². The van der Waals surface area contributed by atoms with Gasteiger partial charge in [-0.1, -0.05) is 27.7 Å². The lowest BCUT2D eigenvalue weighted by Crippen LogP contribution is -2.27. The standard InChI is InChI=1S/C15H31NO5.C2H6/c1-3-5-15(17)16-6-8-19-10-12-21-14-13-20-11-9-18-7-4-2;1-2/h3-14H2,1-2H3,(H,16,17);1-2H3. The van der Waals surface area contributed by atoms with Gasteiger partial charge in [0.15, 0.2) is 0 Å². The monoisotopic (exact) mass is 335 g/mol. The van der Waals surface area contributed by atoms with Crippen LogP contribution in [0, 0.1) is 0 Å². The molecule has 0 bridgehead atoms. The molecule has 140 valence electrons. The van der Waals surface area contributed by atoms with Crippen LogP contribution in [0.4, 0.5) is 0 Å². The Bertz CT molecular complexity index is 227. The van der Waals surface area contributed by atoms with Crippen molar-refractivity contribution in [1.82, 2.24) is 5.32 Å². The largest absolute Gasteiger partial charge is 0.379 e. The van der Waals surface area contributed by atoms with Crippen LogP contribution in [0.15, 0.2) is 0 Å². The lowest BCUT2D eigenvalue weighted by Gasteiger charge is -2.07. The molecule has 0 aromatic carbocycles. The van der Waals surface area contributed by atoms with Crippen LogP contribution < -0.4 is 5.32 Å². The smallest absolute Gasteiger partial charge is 0.220 e. The van der Waals surface area contributed by atoms with Crippen molar-refractivity contribution in [1.29, 1.82) is 0 Å². The van der Waals surface area contributed by atoms with Gasteiger partial charge in [0.25, 0.3) is 0 Å². The Labute approximate surface area is 142 Å². The number of hydrogen-bond acceptors (Lipinski definition) is 5. The van der Waals surface area contributed by atoms with E-state index in [2.05, 4.69) is 12.2 Å². The van der Waals surface area contributed by atoms with Crippen LogP contribution in [0.3, 0.4) is 0 Å². The summed E-state index contributed by atoms with van der Waals surface area (Å²) in [5, 5.41) is 2.79. The second kappa shape index (κ2) is 23.6. The molecule has 0 radical (unpaired) electrons. The molecule has 0 saturated heterocycles. The minimum absolute atomic E-state index is 0.0809. The molecule has 0 saturated carbocycles. The van der Waals surface area contributed by atoms with E-state index in [9.17, 15) is 4.79 Å². The van der Waals surface area contributed by atoms with Gasteiger partial charge in [-0.15, -0.1) is 0 Å². The molecule has 0 aromatic rings. The predicted octanol–water partition coefficient (Wildman–Crippen LogP) is 2.41. The zero-order valence-electron chi connectivity index (χ0n) is 15.5. The van der Waals surface area contributed by atoms with Gasteiger partial charge in [0.05, 0.1) is 46.2 Å². The number of carbonyl (C=O) groups is 1. The highest BCUT2D eigenvalue weighted by molar-refractivity contribution is 5.75. The predicted molar refractivity (Wildman–Crippen MR) is 92.8 cm³/mol. The normalized spacial score (nSPS) is 10.1. The van der Waals surface area contributed by atoms with Gasteiger partial charge in [0.1, 0.15) is 0 Å². The van der Waals surface area contributed by atoms with E-state index >= 15 is 0 Å². The molecule has 6 nitrogen and oxygen atoms in total. The molecule has 0 aliphatic heterocycles. The van der Waals surface area contributed by atoms with Gasteiger partial charge in [-0.3, -0.25) is 4.79 Å². The second-order valence-corrected chi connectivity index (χ2v) is 4.55. The van der Waals surface area contributed by atoms with E-state index in [1.165, 1.54) is 0 Å². The Balaban J connectivity index is 0. The molecule has 0 rings (SSSR count). The van der Waals surface area contributed by atoms with Crippen molar-refractivity contribution in [2.24, 2.45) is 0 Å². The van der Waals surface area contributed by atoms with Crippen LogP contribution in [0.2, 0.25) is 0 Å². The summed E-state index contributed by atoms with van der Waals surface area (Å²) in [4.78, 5) is 11.1. The summed E-state index contributed by atoms with van der Waals surface area (Å²) in [6.45, 7) is 13.4. The molecule has 23 heavy (non-hydrogen) atoms. The molecule has 0 aliphatic carbocycles. The molecule has 0 fully saturated rings. The molecule has 0 aliphatic rings. The average Bonchev–Trinajstić information content (AvgIpc) is 2.57. The molecule has 0 unspecified atom stereocenters. The van der Waals surface area contributed by atoms with E-state index in [4.69, 9.17) is 18.9 Å². The van der Waals surface area contributed by atoms with Crippen LogP contribution in [0.5, 0.6) is 0 Å². The minimum atomic E-state index is 0.0809. The minimum Gasteiger partial charge on any atom is -0.379 e. The molecular formula is C17H37NO5. The van der Waals surface area contributed by atoms with Crippen molar-refractivity contribution in [3.8, 4) is 0 Å². The average molecular weight is 335 g/mol. The highest BCUT2D eigenvalue weighted by atomic mass is 16.6. The Kier molecular flexibility index (Phi) is 25.2. The SMILES string of the molecule is CC.CCCOCCOCCOCCOCCNC(=O)CCC. The maximum Gasteiger partial charge on any atom is 0.220 e. The van der Waals surface area contributed by atoms with Gasteiger partial charge in [0, 0.05) is 19.6 Å². The van der Waals surface area contributed by atoms with Gasteiger partial charge in [-0.25, -0.2) is 0 Å². The summed E-state index contributed by atoms with van der Waals surface area (Å²) >= 11 is 0. The van der Waals surface area contributed by atoms with Crippen molar-refractivity contribution in [2.75, 3.05) is 59.4 Å². The molecule has 0 spiro atoms. The first-order valence-corrected chi connectivity index (χ1v) is 8.88. The highest BCUT2D eigenvalue weighted by Crippen LogP contribution is 1.86. The third kappa shape index (κ3) is 23.7. The molecule has 0 aromatic heterocycles. The van der Waals surface area contributed by atoms with Gasteiger partial charge < -0.3 is 24.3 Å². The van der Waals surface area contributed by atoms with E-state index in [0.717, 1.165) is 19.4 Å². The maximum absolute atomic E-state index is 11.1. The summed E-state index contributed by atoms with van der Waals surface area (Å²) in [5.41, 5.74) is 0. The number of nitrogens with one attached hydrogen (secondary N) is 1. The van der Waals surface area contributed by atoms with Crippen LogP contribution >= 0.6 is 0 Å². The van der Waals surface area contributed by atoms with Crippen molar-refractivity contribution in [3.05, 3.63) is 0 Å². The highest BCUT2D eigenvalue weighted by Gasteiger charge is 1.97. The fraction of sp³-hybridized carbons (Fsp3) is 0.941. The van der Waals surface area contributed by atoms with Gasteiger partial charge in [-0.05, 0) is 12.8 Å². The van der Waals surface area contributed by atoms with E-state index in [1.807, 2.05) is 20.8 Å². The van der Waals surface area contributed by atoms with Crippen molar-refractivity contribution in [3.63, 3.8) is 0 Å². The zero-order chi connectivity index (χ0) is 17.6. The Morgan fingerprint density at radius 3 is 1.57 bits per heavy atom. The molecule has 0 atom stereocenters. The quantitative estimate of drug-likeness (QED) is 0.439. The summed E-state index contributed by atoms with van der Waals surface area (Å²) in [6, 6.07) is 0. The van der Waals surface area contributed by atoms with Gasteiger partial charge >= 0.3 is 0 Å². The second-order valence-electron chi connectivity index (χ2n) is 4.55. The molecule has 6 heteroatoms. The maximum atomic E-state index is 11.1. The molecule has 1 amide bonds. The molecule has 1 N–H and O–H groups in total. The van der Waals surface area contributed by atoms with E-state index in [1.54, 1.807) is 0 Å². The first-order chi connectivity index (χ1) is 11.3. The zero-order valence-corrected chi connectivity index (χ0v) is 15.5. The molecular weight excluding hydrogens is 298 g/mol. The van der Waals surface area contributed by atoms with Crippen LogP contribution in [-0.4, -0.2) is 65.3 Å². The van der Waals surface area contributed by atoms with Crippen molar-refractivity contribution < 1.29 is 23.7 Å². The van der Waals surface area contributed by atoms with E-state index in [-0.39, 0.29) is 5.91 Å². The fourth-order valence-corrected chi connectivity index (χ4v) is 1.48. The summed E-state index contributed by atoms with van der Waals surface area (Å²) < 4.78 is 21.3. The first kappa shape index (κ1) is 24.6. The number of carbonyl (C=O) groups excluding carboxylic acids is 1. The third-order valence-electron chi connectivity index (χ3n) is 2.51. The van der Waals surface area contributed by atoms with Gasteiger partial charge in [-0.2, -0.15) is 0 Å². The Morgan fingerprint density at radius 1 is 0.696 bits per heavy atom. The van der Waals surface area contributed by atoms with Crippen molar-refractivity contribution in [2.45, 2.75) is 47.0 Å². The number of amides is 1. The molecule has 0 heterocycles. The first-order valence-electron chi connectivity index (χ1n) is 8.88. The summed E-state index contributed by atoms with van der Waals surface area (Å²) in [7, 11) is 0. The third-order valence-corrected chi connectivity index (χ3v) is 2.51. The summed E-state index contributed by atoms with van der Waals surface area (Å²) in [5.74, 6) is 0.0809. The lowest BCUT2D eigenvalue weighted by atomic mass is 10.3.